The van der Waals surface area contributed by atoms with Gasteiger partial charge in [-0.2, -0.15) is 0 Å². The molecule has 1 saturated heterocycles. The summed E-state index contributed by atoms with van der Waals surface area (Å²) < 4.78 is 12.2. The first kappa shape index (κ1) is 26.5. The molecular weight excluding hydrogens is 607 g/mol. The molecule has 0 atom stereocenters. The van der Waals surface area contributed by atoms with Crippen molar-refractivity contribution in [1.29, 1.82) is 0 Å². The summed E-state index contributed by atoms with van der Waals surface area (Å²) in [5, 5.41) is 3.78. The van der Waals surface area contributed by atoms with Crippen molar-refractivity contribution in [1.82, 2.24) is 0 Å². The van der Waals surface area contributed by atoms with Crippen molar-refractivity contribution in [2.45, 2.75) is 0 Å². The number of anilines is 2. The van der Waals surface area contributed by atoms with Gasteiger partial charge in [-0.1, -0.05) is 53.2 Å². The van der Waals surface area contributed by atoms with Crippen LogP contribution in [0.1, 0.15) is 5.56 Å². The van der Waals surface area contributed by atoms with E-state index >= 15 is 0 Å². The number of halogens is 3. The molecule has 1 N–H and O–H groups in total. The third kappa shape index (κ3) is 6.22. The van der Waals surface area contributed by atoms with Crippen LogP contribution < -0.4 is 19.7 Å². The highest BCUT2D eigenvalue weighted by molar-refractivity contribution is 9.10. The van der Waals surface area contributed by atoms with E-state index in [1.165, 1.54) is 23.8 Å². The Bertz CT molecular complexity index is 1380. The lowest BCUT2D eigenvalue weighted by molar-refractivity contribution is -0.118. The van der Waals surface area contributed by atoms with Gasteiger partial charge in [0, 0.05) is 15.2 Å². The van der Waals surface area contributed by atoms with Crippen molar-refractivity contribution < 1.29 is 19.1 Å². The van der Waals surface area contributed by atoms with Gasteiger partial charge in [-0.15, -0.1) is 0 Å². The first-order chi connectivity index (χ1) is 17.2. The highest BCUT2D eigenvalue weighted by Crippen LogP contribution is 2.37. The zero-order valence-electron chi connectivity index (χ0n) is 18.6. The van der Waals surface area contributed by atoms with Crippen molar-refractivity contribution in [3.63, 3.8) is 0 Å². The van der Waals surface area contributed by atoms with E-state index < -0.39 is 0 Å². The molecule has 0 aliphatic carbocycles. The van der Waals surface area contributed by atoms with E-state index in [-0.39, 0.29) is 18.4 Å². The molecule has 3 aromatic carbocycles. The van der Waals surface area contributed by atoms with Gasteiger partial charge in [-0.25, -0.2) is 0 Å². The zero-order chi connectivity index (χ0) is 25.8. The van der Waals surface area contributed by atoms with E-state index in [9.17, 15) is 9.59 Å². The number of methoxy groups -OCH3 is 1. The fraction of sp³-hybridized carbons (Fsp3) is 0.0800. The van der Waals surface area contributed by atoms with Gasteiger partial charge in [0.1, 0.15) is 0 Å². The van der Waals surface area contributed by atoms with Crippen molar-refractivity contribution >= 4 is 96.7 Å². The number of carbonyl (C=O) groups excluding carboxylic acids is 2. The molecule has 1 heterocycles. The maximum atomic E-state index is 13.0. The van der Waals surface area contributed by atoms with E-state index in [0.717, 1.165) is 4.47 Å². The Kier molecular flexibility index (Phi) is 8.58. The third-order valence-electron chi connectivity index (χ3n) is 4.93. The van der Waals surface area contributed by atoms with E-state index in [1.807, 2.05) is 0 Å². The first-order valence-electron chi connectivity index (χ1n) is 10.3. The summed E-state index contributed by atoms with van der Waals surface area (Å²) in [7, 11) is 1.50. The summed E-state index contributed by atoms with van der Waals surface area (Å²) in [5.74, 6) is 0.213. The molecule has 184 valence electrons. The monoisotopic (exact) mass is 622 g/mol. The molecule has 0 bridgehead atoms. The summed E-state index contributed by atoms with van der Waals surface area (Å²) in [4.78, 5) is 27.2. The summed E-state index contributed by atoms with van der Waals surface area (Å²) in [6.07, 6.45) is 1.73. The van der Waals surface area contributed by atoms with E-state index in [4.69, 9.17) is 44.9 Å². The average Bonchev–Trinajstić information content (AvgIpc) is 3.13. The molecule has 11 heteroatoms. The summed E-state index contributed by atoms with van der Waals surface area (Å²) in [5.41, 5.74) is 1.91. The van der Waals surface area contributed by atoms with Crippen LogP contribution >= 0.6 is 63.1 Å². The Morgan fingerprint density at radius 1 is 1.11 bits per heavy atom. The van der Waals surface area contributed by atoms with Crippen LogP contribution in [-0.2, 0) is 9.59 Å². The fourth-order valence-electron chi connectivity index (χ4n) is 3.24. The molecule has 6 nitrogen and oxygen atoms in total. The van der Waals surface area contributed by atoms with Crippen LogP contribution in [0.15, 0.2) is 70.0 Å². The minimum atomic E-state index is -0.356. The molecule has 1 aliphatic heterocycles. The van der Waals surface area contributed by atoms with Crippen LogP contribution in [0.3, 0.4) is 0 Å². The number of benzene rings is 3. The second kappa shape index (κ2) is 11.7. The normalized spacial score (nSPS) is 14.3. The SMILES string of the molecule is COc1cc(/C=C2\SC(=S)N(c3ccc(Cl)cc3)C2=O)ccc1OCC(=O)Nc1ccc(Br)c(Cl)c1. The van der Waals surface area contributed by atoms with E-state index in [2.05, 4.69) is 21.2 Å². The number of thiocarbonyl (C=S) groups is 1. The maximum absolute atomic E-state index is 13.0. The molecule has 2 amide bonds. The topological polar surface area (TPSA) is 67.9 Å². The van der Waals surface area contributed by atoms with Crippen LogP contribution in [0.4, 0.5) is 11.4 Å². The largest absolute Gasteiger partial charge is 0.493 e. The number of ether oxygens (including phenoxy) is 2. The predicted molar refractivity (Wildman–Crippen MR) is 153 cm³/mol. The second-order valence-electron chi connectivity index (χ2n) is 7.37. The Balaban J connectivity index is 1.44. The Morgan fingerprint density at radius 3 is 2.56 bits per heavy atom. The van der Waals surface area contributed by atoms with Gasteiger partial charge in [0.25, 0.3) is 11.8 Å². The van der Waals surface area contributed by atoms with Gasteiger partial charge in [-0.05, 0) is 82.2 Å². The first-order valence-corrected chi connectivity index (χ1v) is 13.1. The minimum Gasteiger partial charge on any atom is -0.493 e. The highest BCUT2D eigenvalue weighted by Gasteiger charge is 2.33. The molecule has 36 heavy (non-hydrogen) atoms. The lowest BCUT2D eigenvalue weighted by Crippen LogP contribution is -2.27. The minimum absolute atomic E-state index is 0.226. The van der Waals surface area contributed by atoms with Gasteiger partial charge in [-0.3, -0.25) is 14.5 Å². The van der Waals surface area contributed by atoms with Gasteiger partial charge in [0.2, 0.25) is 0 Å². The van der Waals surface area contributed by atoms with Crippen molar-refractivity contribution in [3.8, 4) is 11.5 Å². The Labute approximate surface area is 235 Å². The lowest BCUT2D eigenvalue weighted by Gasteiger charge is -2.14. The van der Waals surface area contributed by atoms with Crippen LogP contribution in [0.2, 0.25) is 10.0 Å². The Hall–Kier alpha value is -2.56. The molecule has 1 fully saturated rings. The van der Waals surface area contributed by atoms with Crippen molar-refractivity contribution in [2.75, 3.05) is 23.9 Å². The highest BCUT2D eigenvalue weighted by atomic mass is 79.9. The standard InChI is InChI=1S/C25H17BrCl2N2O4S2/c1-33-21-10-14(11-22-24(32)30(25(35)36-22)17-6-3-15(27)4-7-17)2-9-20(21)34-13-23(31)29-16-5-8-18(26)19(28)12-16/h2-12H,13H2,1H3,(H,29,31)/b22-11-. The predicted octanol–water partition coefficient (Wildman–Crippen LogP) is 7.19. The van der Waals surface area contributed by atoms with Crippen LogP contribution in [0.25, 0.3) is 6.08 Å². The number of nitrogens with zero attached hydrogens (tertiary/aromatic N) is 1. The number of carbonyl (C=O) groups is 2. The number of thioether (sulfide) groups is 1. The van der Waals surface area contributed by atoms with Crippen molar-refractivity contribution in [2.24, 2.45) is 0 Å². The van der Waals surface area contributed by atoms with Gasteiger partial charge in [0.05, 0.1) is 22.7 Å². The van der Waals surface area contributed by atoms with Crippen LogP contribution in [0.5, 0.6) is 11.5 Å². The summed E-state index contributed by atoms with van der Waals surface area (Å²) in [6.45, 7) is -0.233. The molecule has 1 aliphatic rings. The smallest absolute Gasteiger partial charge is 0.270 e. The zero-order valence-corrected chi connectivity index (χ0v) is 23.3. The lowest BCUT2D eigenvalue weighted by atomic mass is 10.2. The number of nitrogens with one attached hydrogen (secondary N) is 1. The molecular formula is C25H17BrCl2N2O4S2. The van der Waals surface area contributed by atoms with Gasteiger partial charge < -0.3 is 14.8 Å². The molecule has 0 spiro atoms. The van der Waals surface area contributed by atoms with Crippen LogP contribution in [-0.4, -0.2) is 29.9 Å². The molecule has 3 aromatic rings. The molecule has 0 radical (unpaired) electrons. The van der Waals surface area contributed by atoms with E-state index in [0.29, 0.717) is 47.7 Å². The number of rotatable bonds is 7. The molecule has 0 aromatic heterocycles. The van der Waals surface area contributed by atoms with Gasteiger partial charge in [0.15, 0.2) is 22.4 Å². The number of hydrogen-bond acceptors (Lipinski definition) is 6. The average molecular weight is 624 g/mol. The van der Waals surface area contributed by atoms with Crippen molar-refractivity contribution in [3.05, 3.63) is 85.7 Å². The quantitative estimate of drug-likeness (QED) is 0.222. The number of hydrogen-bond donors (Lipinski definition) is 1. The summed E-state index contributed by atoms with van der Waals surface area (Å²) >= 11 is 21.9. The maximum Gasteiger partial charge on any atom is 0.270 e. The molecule has 4 rings (SSSR count). The Morgan fingerprint density at radius 2 is 1.86 bits per heavy atom. The summed E-state index contributed by atoms with van der Waals surface area (Å²) in [6, 6.07) is 17.1. The van der Waals surface area contributed by atoms with E-state index in [1.54, 1.807) is 66.7 Å². The molecule has 0 unspecified atom stereocenters. The molecule has 0 saturated carbocycles. The fourth-order valence-corrected chi connectivity index (χ4v) is 5.09. The van der Waals surface area contributed by atoms with Gasteiger partial charge >= 0.3 is 0 Å². The second-order valence-corrected chi connectivity index (χ2v) is 10.7. The third-order valence-corrected chi connectivity index (χ3v) is 7.71. The number of amides is 2. The van der Waals surface area contributed by atoms with Crippen LogP contribution in [0, 0.1) is 0 Å².